The first-order valence-electron chi connectivity index (χ1n) is 10.8. The highest BCUT2D eigenvalue weighted by Crippen LogP contribution is 2.32. The van der Waals surface area contributed by atoms with Crippen molar-refractivity contribution in [2.24, 2.45) is 0 Å². The van der Waals surface area contributed by atoms with Crippen LogP contribution in [0.4, 0.5) is 5.13 Å². The summed E-state index contributed by atoms with van der Waals surface area (Å²) in [5.74, 6) is -0.319. The van der Waals surface area contributed by atoms with Crippen molar-refractivity contribution >= 4 is 54.0 Å². The van der Waals surface area contributed by atoms with Crippen molar-refractivity contribution in [2.45, 2.75) is 38.1 Å². The van der Waals surface area contributed by atoms with Crippen molar-refractivity contribution in [1.29, 1.82) is 0 Å². The second-order valence-corrected chi connectivity index (χ2v) is 11.6. The van der Waals surface area contributed by atoms with Gasteiger partial charge in [-0.05, 0) is 79.9 Å². The first kappa shape index (κ1) is 24.3. The molecule has 4 aromatic rings. The second kappa shape index (κ2) is 10.2. The van der Waals surface area contributed by atoms with Crippen molar-refractivity contribution in [3.8, 4) is 0 Å². The molecule has 0 spiro atoms. The molecule has 0 saturated carbocycles. The Morgan fingerprint density at radius 3 is 2.50 bits per heavy atom. The number of benzene rings is 2. The summed E-state index contributed by atoms with van der Waals surface area (Å²) in [4.78, 5) is 24.1. The van der Waals surface area contributed by atoms with Crippen LogP contribution in [0.3, 0.4) is 0 Å². The van der Waals surface area contributed by atoms with Crippen LogP contribution < -0.4 is 4.90 Å². The van der Waals surface area contributed by atoms with E-state index in [-0.39, 0.29) is 35.9 Å². The Morgan fingerprint density at radius 1 is 1.06 bits per heavy atom. The standard InChI is InChI=1S/C25H24ClN3O3S2/c1-17-14-22-23(15-18(17)2)33-25(28-22)29(16-20-6-3-4-12-27-20)24(30)7-5-13-34(31,32)21-10-8-19(26)9-11-21/h3-4,6,8-12,14-15H,5,7,13,16H2,1-2H3. The van der Waals surface area contributed by atoms with Gasteiger partial charge in [-0.15, -0.1) is 0 Å². The molecule has 0 aliphatic carbocycles. The molecule has 4 rings (SSSR count). The number of nitrogens with zero attached hydrogens (tertiary/aromatic N) is 3. The lowest BCUT2D eigenvalue weighted by molar-refractivity contribution is -0.118. The van der Waals surface area contributed by atoms with Gasteiger partial charge in [-0.1, -0.05) is 29.0 Å². The average molecular weight is 514 g/mol. The topological polar surface area (TPSA) is 80.2 Å². The van der Waals surface area contributed by atoms with Gasteiger partial charge < -0.3 is 0 Å². The Bertz CT molecular complexity index is 1380. The van der Waals surface area contributed by atoms with Crippen LogP contribution in [-0.2, 0) is 21.2 Å². The maximum Gasteiger partial charge on any atom is 0.229 e. The molecule has 6 nitrogen and oxygen atoms in total. The zero-order valence-electron chi connectivity index (χ0n) is 18.9. The molecule has 2 heterocycles. The van der Waals surface area contributed by atoms with E-state index in [1.54, 1.807) is 23.2 Å². The summed E-state index contributed by atoms with van der Waals surface area (Å²) in [6.45, 7) is 4.35. The summed E-state index contributed by atoms with van der Waals surface area (Å²) >= 11 is 7.31. The van der Waals surface area contributed by atoms with Gasteiger partial charge in [0, 0.05) is 17.6 Å². The Balaban J connectivity index is 1.54. The SMILES string of the molecule is Cc1cc2nc(N(Cc3ccccn3)C(=O)CCCS(=O)(=O)c3ccc(Cl)cc3)sc2cc1C. The summed E-state index contributed by atoms with van der Waals surface area (Å²) in [5.41, 5.74) is 3.88. The van der Waals surface area contributed by atoms with Gasteiger partial charge in [-0.3, -0.25) is 14.7 Å². The molecule has 0 aliphatic rings. The van der Waals surface area contributed by atoms with Gasteiger partial charge in [-0.2, -0.15) is 0 Å². The summed E-state index contributed by atoms with van der Waals surface area (Å²) in [6.07, 6.45) is 1.96. The van der Waals surface area contributed by atoms with Gasteiger partial charge in [0.05, 0.1) is 33.1 Å². The molecule has 0 radical (unpaired) electrons. The van der Waals surface area contributed by atoms with Gasteiger partial charge in [0.25, 0.3) is 0 Å². The predicted octanol–water partition coefficient (Wildman–Crippen LogP) is 5.75. The van der Waals surface area contributed by atoms with Gasteiger partial charge in [-0.25, -0.2) is 13.4 Å². The predicted molar refractivity (Wildman–Crippen MR) is 137 cm³/mol. The molecule has 176 valence electrons. The van der Waals surface area contributed by atoms with E-state index in [4.69, 9.17) is 16.6 Å². The monoisotopic (exact) mass is 513 g/mol. The molecule has 0 unspecified atom stereocenters. The van der Waals surface area contributed by atoms with Gasteiger partial charge >= 0.3 is 0 Å². The molecule has 0 atom stereocenters. The smallest absolute Gasteiger partial charge is 0.229 e. The van der Waals surface area contributed by atoms with Crippen molar-refractivity contribution in [1.82, 2.24) is 9.97 Å². The lowest BCUT2D eigenvalue weighted by Gasteiger charge is -2.19. The zero-order chi connectivity index (χ0) is 24.3. The number of carbonyl (C=O) groups is 1. The number of fused-ring (bicyclic) bond motifs is 1. The van der Waals surface area contributed by atoms with Crippen molar-refractivity contribution in [3.05, 3.63) is 82.6 Å². The molecule has 0 aliphatic heterocycles. The number of anilines is 1. The Labute approximate surface area is 208 Å². The minimum absolute atomic E-state index is 0.0770. The van der Waals surface area contributed by atoms with Crippen molar-refractivity contribution < 1.29 is 13.2 Å². The first-order chi connectivity index (χ1) is 16.2. The number of carbonyl (C=O) groups excluding carboxylic acids is 1. The molecule has 0 N–H and O–H groups in total. The fourth-order valence-electron chi connectivity index (χ4n) is 3.51. The summed E-state index contributed by atoms with van der Waals surface area (Å²) in [6, 6.07) is 15.7. The first-order valence-corrected chi connectivity index (χ1v) is 13.6. The Kier molecular flexibility index (Phi) is 7.30. The zero-order valence-corrected chi connectivity index (χ0v) is 21.3. The third-order valence-electron chi connectivity index (χ3n) is 5.55. The van der Waals surface area contributed by atoms with E-state index < -0.39 is 9.84 Å². The lowest BCUT2D eigenvalue weighted by atomic mass is 10.1. The van der Waals surface area contributed by atoms with Crippen LogP contribution >= 0.6 is 22.9 Å². The lowest BCUT2D eigenvalue weighted by Crippen LogP contribution is -2.30. The molecular weight excluding hydrogens is 490 g/mol. The number of aromatic nitrogens is 2. The van der Waals surface area contributed by atoms with E-state index in [2.05, 4.69) is 11.1 Å². The maximum absolute atomic E-state index is 13.3. The van der Waals surface area contributed by atoms with Crippen molar-refractivity contribution in [2.75, 3.05) is 10.7 Å². The van der Waals surface area contributed by atoms with E-state index in [0.717, 1.165) is 27.0 Å². The van der Waals surface area contributed by atoms with E-state index in [1.807, 2.05) is 38.1 Å². The van der Waals surface area contributed by atoms with Crippen LogP contribution in [0.2, 0.25) is 5.02 Å². The number of amides is 1. The molecule has 34 heavy (non-hydrogen) atoms. The molecule has 0 fully saturated rings. The number of rotatable bonds is 8. The third kappa shape index (κ3) is 5.63. The molecule has 2 aromatic carbocycles. The minimum Gasteiger partial charge on any atom is -0.282 e. The average Bonchev–Trinajstić information content (AvgIpc) is 3.20. The van der Waals surface area contributed by atoms with Gasteiger partial charge in [0.1, 0.15) is 0 Å². The highest BCUT2D eigenvalue weighted by atomic mass is 35.5. The highest BCUT2D eigenvalue weighted by Gasteiger charge is 2.22. The highest BCUT2D eigenvalue weighted by molar-refractivity contribution is 7.91. The fraction of sp³-hybridized carbons (Fsp3) is 0.240. The maximum atomic E-state index is 13.3. The molecule has 1 amide bonds. The van der Waals surface area contributed by atoms with E-state index in [1.165, 1.54) is 23.5 Å². The number of hydrogen-bond donors (Lipinski definition) is 0. The number of thiazole rings is 1. The van der Waals surface area contributed by atoms with Crippen LogP contribution in [0.25, 0.3) is 10.2 Å². The Hall–Kier alpha value is -2.81. The van der Waals surface area contributed by atoms with Crippen molar-refractivity contribution in [3.63, 3.8) is 0 Å². The number of pyridine rings is 1. The van der Waals surface area contributed by atoms with Crippen LogP contribution in [0, 0.1) is 13.8 Å². The molecule has 0 bridgehead atoms. The minimum atomic E-state index is -3.51. The fourth-order valence-corrected chi connectivity index (χ4v) is 6.01. The molecule has 2 aromatic heterocycles. The molecular formula is C25H24ClN3O3S2. The molecule has 9 heteroatoms. The molecule has 0 saturated heterocycles. The largest absolute Gasteiger partial charge is 0.282 e. The Morgan fingerprint density at radius 2 is 1.79 bits per heavy atom. The summed E-state index contributed by atoms with van der Waals surface area (Å²) in [7, 11) is -3.51. The summed E-state index contributed by atoms with van der Waals surface area (Å²) < 4.78 is 26.3. The van der Waals surface area contributed by atoms with Gasteiger partial charge in [0.15, 0.2) is 15.0 Å². The number of aryl methyl sites for hydroxylation is 2. The van der Waals surface area contributed by atoms with E-state index in [9.17, 15) is 13.2 Å². The summed E-state index contributed by atoms with van der Waals surface area (Å²) in [5, 5.41) is 1.05. The quantitative estimate of drug-likeness (QED) is 0.300. The van der Waals surface area contributed by atoms with Gasteiger partial charge in [0.2, 0.25) is 5.91 Å². The normalized spacial score (nSPS) is 11.6. The third-order valence-corrected chi connectivity index (χ3v) is 8.66. The van der Waals surface area contributed by atoms with Crippen LogP contribution in [0.5, 0.6) is 0 Å². The number of sulfone groups is 1. The van der Waals surface area contributed by atoms with E-state index in [0.29, 0.717) is 10.2 Å². The van der Waals surface area contributed by atoms with Crippen LogP contribution in [0.1, 0.15) is 29.7 Å². The number of halogens is 1. The van der Waals surface area contributed by atoms with E-state index >= 15 is 0 Å². The number of hydrogen-bond acceptors (Lipinski definition) is 6. The van der Waals surface area contributed by atoms with Crippen LogP contribution in [-0.4, -0.2) is 30.0 Å². The second-order valence-electron chi connectivity index (χ2n) is 8.08. The van der Waals surface area contributed by atoms with Crippen LogP contribution in [0.15, 0.2) is 65.7 Å².